The van der Waals surface area contributed by atoms with Crippen molar-refractivity contribution in [3.63, 3.8) is 0 Å². The molecule has 0 aliphatic carbocycles. The van der Waals surface area contributed by atoms with Gasteiger partial charge in [-0.05, 0) is 37.5 Å². The Balaban J connectivity index is 2.05. The third-order valence-corrected chi connectivity index (χ3v) is 4.08. The number of nitro groups is 1. The molecule has 0 aliphatic rings. The molecule has 0 radical (unpaired) electrons. The van der Waals surface area contributed by atoms with E-state index in [0.717, 1.165) is 16.7 Å². The number of aliphatic hydroxyl groups is 1. The molecule has 2 rings (SSSR count). The van der Waals surface area contributed by atoms with Gasteiger partial charge in [0.15, 0.2) is 0 Å². The summed E-state index contributed by atoms with van der Waals surface area (Å²) in [4.78, 5) is 22.6. The van der Waals surface area contributed by atoms with Crippen molar-refractivity contribution in [3.05, 3.63) is 68.8 Å². The molecule has 132 valence electrons. The molecule has 3 N–H and O–H groups in total. The average Bonchev–Trinajstić information content (AvgIpc) is 2.56. The number of rotatable bonds is 5. The van der Waals surface area contributed by atoms with Gasteiger partial charge in [0.05, 0.1) is 22.3 Å². The summed E-state index contributed by atoms with van der Waals surface area (Å²) in [6.45, 7) is 5.26. The number of nitro benzene ring substituents is 1. The van der Waals surface area contributed by atoms with Gasteiger partial charge in [-0.2, -0.15) is 0 Å². The minimum absolute atomic E-state index is 0.0315. The highest BCUT2D eigenvalue weighted by Crippen LogP contribution is 2.28. The molecule has 1 unspecified atom stereocenters. The van der Waals surface area contributed by atoms with E-state index in [0.29, 0.717) is 11.3 Å². The van der Waals surface area contributed by atoms with Crippen molar-refractivity contribution in [1.82, 2.24) is 5.32 Å². The van der Waals surface area contributed by atoms with Crippen LogP contribution in [0.25, 0.3) is 0 Å². The van der Waals surface area contributed by atoms with E-state index in [-0.39, 0.29) is 12.2 Å². The number of nitrogens with zero attached hydrogens (tertiary/aromatic N) is 1. The predicted octanol–water partition coefficient (Wildman–Crippen LogP) is 3.38. The summed E-state index contributed by atoms with van der Waals surface area (Å²) in [6, 6.07) is 9.85. The number of benzene rings is 2. The van der Waals surface area contributed by atoms with Gasteiger partial charge in [0.2, 0.25) is 0 Å². The molecule has 0 saturated carbocycles. The van der Waals surface area contributed by atoms with Gasteiger partial charge in [-0.25, -0.2) is 4.79 Å². The van der Waals surface area contributed by atoms with E-state index in [1.165, 1.54) is 6.07 Å². The van der Waals surface area contributed by atoms with Crippen LogP contribution in [-0.2, 0) is 0 Å². The van der Waals surface area contributed by atoms with Crippen LogP contribution in [0.1, 0.15) is 28.4 Å². The second-order valence-corrected chi connectivity index (χ2v) is 5.87. The molecule has 0 fully saturated rings. The van der Waals surface area contributed by atoms with Crippen LogP contribution in [0.3, 0.4) is 0 Å². The van der Waals surface area contributed by atoms with Crippen LogP contribution in [0.4, 0.5) is 16.2 Å². The van der Waals surface area contributed by atoms with Crippen molar-refractivity contribution in [2.24, 2.45) is 0 Å². The van der Waals surface area contributed by atoms with Crippen LogP contribution in [0.5, 0.6) is 0 Å². The van der Waals surface area contributed by atoms with Crippen LogP contribution >= 0.6 is 0 Å². The highest BCUT2D eigenvalue weighted by atomic mass is 16.6. The Morgan fingerprint density at radius 1 is 1.16 bits per heavy atom. The number of aliphatic hydroxyl groups excluding tert-OH is 1. The lowest BCUT2D eigenvalue weighted by molar-refractivity contribution is -0.385. The molecule has 2 aromatic rings. The van der Waals surface area contributed by atoms with Crippen LogP contribution < -0.4 is 10.6 Å². The lowest BCUT2D eigenvalue weighted by atomic mass is 10.0. The Hall–Kier alpha value is -2.93. The minimum atomic E-state index is -0.834. The Labute approximate surface area is 145 Å². The molecule has 0 saturated heterocycles. The quantitative estimate of drug-likeness (QED) is 0.572. The average molecular weight is 343 g/mol. The molecule has 0 aromatic heterocycles. The molecule has 0 aliphatic heterocycles. The molecule has 7 heteroatoms. The first-order valence-corrected chi connectivity index (χ1v) is 7.84. The number of nitrogens with one attached hydrogen (secondary N) is 2. The molecule has 0 spiro atoms. The van der Waals surface area contributed by atoms with Crippen molar-refractivity contribution < 1.29 is 14.8 Å². The van der Waals surface area contributed by atoms with Crippen LogP contribution in [-0.4, -0.2) is 22.6 Å². The van der Waals surface area contributed by atoms with Crippen LogP contribution in [0.2, 0.25) is 0 Å². The van der Waals surface area contributed by atoms with Crippen molar-refractivity contribution in [2.75, 3.05) is 11.9 Å². The highest BCUT2D eigenvalue weighted by Gasteiger charge is 2.18. The summed E-state index contributed by atoms with van der Waals surface area (Å²) in [5, 5.41) is 26.4. The summed E-state index contributed by atoms with van der Waals surface area (Å²) in [7, 11) is 0. The first kappa shape index (κ1) is 18.4. The molecule has 2 amide bonds. The first-order valence-electron chi connectivity index (χ1n) is 7.84. The van der Waals surface area contributed by atoms with Gasteiger partial charge in [0.25, 0.3) is 5.69 Å². The van der Waals surface area contributed by atoms with Gasteiger partial charge in [-0.1, -0.05) is 30.3 Å². The molecule has 7 nitrogen and oxygen atoms in total. The van der Waals surface area contributed by atoms with Gasteiger partial charge >= 0.3 is 6.03 Å². The Kier molecular flexibility index (Phi) is 5.71. The largest absolute Gasteiger partial charge is 0.387 e. The number of anilines is 1. The molecule has 1 atom stereocenters. The lowest BCUT2D eigenvalue weighted by Gasteiger charge is -2.16. The lowest BCUT2D eigenvalue weighted by Crippen LogP contribution is -2.33. The fraction of sp³-hybridized carbons (Fsp3) is 0.278. The molecular formula is C18H21N3O4. The molecule has 25 heavy (non-hydrogen) atoms. The van der Waals surface area contributed by atoms with Crippen LogP contribution in [0, 0.1) is 30.9 Å². The number of aryl methyl sites for hydroxylation is 2. The maximum atomic E-state index is 12.1. The van der Waals surface area contributed by atoms with E-state index in [2.05, 4.69) is 10.6 Å². The zero-order valence-corrected chi connectivity index (χ0v) is 14.4. The number of hydrogen-bond acceptors (Lipinski definition) is 4. The van der Waals surface area contributed by atoms with E-state index in [1.54, 1.807) is 26.0 Å². The van der Waals surface area contributed by atoms with Crippen molar-refractivity contribution in [3.8, 4) is 0 Å². The summed E-state index contributed by atoms with van der Waals surface area (Å²) < 4.78 is 0. The number of carbonyl (C=O) groups excluding carboxylic acids is 1. The predicted molar refractivity (Wildman–Crippen MR) is 95.7 cm³/mol. The molecular weight excluding hydrogens is 322 g/mol. The SMILES string of the molecule is Cc1ccccc1C(O)CNC(=O)Nc1c(C)ccc([N+](=O)[O-])c1C. The number of urea groups is 1. The van der Waals surface area contributed by atoms with Crippen LogP contribution in [0.15, 0.2) is 36.4 Å². The summed E-state index contributed by atoms with van der Waals surface area (Å²) in [5.74, 6) is 0. The second-order valence-electron chi connectivity index (χ2n) is 5.87. The summed E-state index contributed by atoms with van der Waals surface area (Å²) in [6.07, 6.45) is -0.834. The monoisotopic (exact) mass is 343 g/mol. The Bertz CT molecular complexity index is 805. The van der Waals surface area contributed by atoms with Gasteiger partial charge < -0.3 is 15.7 Å². The molecule has 0 heterocycles. The van der Waals surface area contributed by atoms with Crippen molar-refractivity contribution in [2.45, 2.75) is 26.9 Å². The zero-order chi connectivity index (χ0) is 18.6. The van der Waals surface area contributed by atoms with E-state index in [1.807, 2.05) is 25.1 Å². The topological polar surface area (TPSA) is 104 Å². The third-order valence-electron chi connectivity index (χ3n) is 4.08. The molecule has 2 aromatic carbocycles. The maximum absolute atomic E-state index is 12.1. The third kappa shape index (κ3) is 4.33. The number of hydrogen-bond donors (Lipinski definition) is 3. The van der Waals surface area contributed by atoms with Crippen molar-refractivity contribution in [1.29, 1.82) is 0 Å². The van der Waals surface area contributed by atoms with E-state index in [4.69, 9.17) is 0 Å². The maximum Gasteiger partial charge on any atom is 0.319 e. The fourth-order valence-electron chi connectivity index (χ4n) is 2.64. The summed E-state index contributed by atoms with van der Waals surface area (Å²) in [5.41, 5.74) is 3.13. The number of carbonyl (C=O) groups is 1. The number of amides is 2. The zero-order valence-electron chi connectivity index (χ0n) is 14.4. The Morgan fingerprint density at radius 3 is 2.48 bits per heavy atom. The smallest absolute Gasteiger partial charge is 0.319 e. The second kappa shape index (κ2) is 7.76. The highest BCUT2D eigenvalue weighted by molar-refractivity contribution is 5.91. The van der Waals surface area contributed by atoms with E-state index in [9.17, 15) is 20.0 Å². The van der Waals surface area contributed by atoms with Gasteiger partial charge in [0, 0.05) is 12.6 Å². The van der Waals surface area contributed by atoms with Gasteiger partial charge in [0.1, 0.15) is 0 Å². The van der Waals surface area contributed by atoms with E-state index >= 15 is 0 Å². The first-order chi connectivity index (χ1) is 11.8. The summed E-state index contributed by atoms with van der Waals surface area (Å²) >= 11 is 0. The van der Waals surface area contributed by atoms with Gasteiger partial charge in [-0.15, -0.1) is 0 Å². The van der Waals surface area contributed by atoms with Crippen molar-refractivity contribution >= 4 is 17.4 Å². The fourth-order valence-corrected chi connectivity index (χ4v) is 2.64. The minimum Gasteiger partial charge on any atom is -0.387 e. The Morgan fingerprint density at radius 2 is 1.84 bits per heavy atom. The van der Waals surface area contributed by atoms with E-state index < -0.39 is 17.1 Å². The molecule has 0 bridgehead atoms. The normalized spacial score (nSPS) is 11.7. The van der Waals surface area contributed by atoms with Gasteiger partial charge in [-0.3, -0.25) is 10.1 Å². The standard InChI is InChI=1S/C18H21N3O4/c1-11-6-4-5-7-14(11)16(22)10-19-18(23)20-17-12(2)8-9-15(13(17)3)21(24)25/h4-9,16,22H,10H2,1-3H3,(H2,19,20,23).